The molecule has 0 N–H and O–H groups in total. The number of esters is 1. The Kier molecular flexibility index (Phi) is 7.23. The normalized spacial score (nSPS) is 22.4. The second-order valence-corrected chi connectivity index (χ2v) is 7.49. The van der Waals surface area contributed by atoms with E-state index in [0.717, 1.165) is 30.5 Å². The molecule has 0 amide bonds. The zero-order valence-electron chi connectivity index (χ0n) is 17.3. The van der Waals surface area contributed by atoms with Crippen molar-refractivity contribution in [3.8, 4) is 0 Å². The fraction of sp³-hybridized carbons (Fsp3) is 0.478. The van der Waals surface area contributed by atoms with Crippen molar-refractivity contribution >= 4 is 22.5 Å². The van der Waals surface area contributed by atoms with E-state index in [-0.39, 0.29) is 5.92 Å². The highest BCUT2D eigenvalue weighted by atomic mass is 16.7. The minimum atomic E-state index is -1.27. The van der Waals surface area contributed by atoms with Crippen LogP contribution in [0.15, 0.2) is 47.6 Å². The van der Waals surface area contributed by atoms with Gasteiger partial charge in [0, 0.05) is 12.8 Å². The van der Waals surface area contributed by atoms with Crippen LogP contribution in [-0.2, 0) is 23.8 Å². The van der Waals surface area contributed by atoms with E-state index in [2.05, 4.69) is 35.5 Å². The van der Waals surface area contributed by atoms with Gasteiger partial charge in [-0.3, -0.25) is 0 Å². The number of carbonyl (C=O) groups excluding carboxylic acids is 1. The van der Waals surface area contributed by atoms with Gasteiger partial charge in [-0.1, -0.05) is 41.6 Å². The highest BCUT2D eigenvalue weighted by molar-refractivity contribution is 6.01. The summed E-state index contributed by atoms with van der Waals surface area (Å²) in [6.45, 7) is 5.11. The summed E-state index contributed by atoms with van der Waals surface area (Å²) in [6, 6.07) is 14.6. The van der Waals surface area contributed by atoms with E-state index in [4.69, 9.17) is 19.0 Å². The monoisotopic (exact) mass is 399 g/mol. The number of carbonyl (C=O) groups is 1. The van der Waals surface area contributed by atoms with Crippen LogP contribution in [0, 0.1) is 5.92 Å². The molecule has 1 aliphatic rings. The Hall–Kier alpha value is -2.44. The van der Waals surface area contributed by atoms with Gasteiger partial charge < -0.3 is 19.0 Å². The van der Waals surface area contributed by atoms with Gasteiger partial charge in [0.1, 0.15) is 6.61 Å². The Morgan fingerprint density at radius 2 is 1.86 bits per heavy atom. The highest BCUT2D eigenvalue weighted by Crippen LogP contribution is 2.25. The molecule has 3 rings (SSSR count). The number of rotatable bonds is 8. The fourth-order valence-corrected chi connectivity index (χ4v) is 3.32. The molecule has 1 heterocycles. The van der Waals surface area contributed by atoms with Gasteiger partial charge in [0.25, 0.3) is 5.79 Å². The first-order valence-corrected chi connectivity index (χ1v) is 10.0. The molecule has 0 aliphatic carbocycles. The Labute approximate surface area is 171 Å². The number of nitrogens with zero attached hydrogens (tertiary/aromatic N) is 1. The Morgan fingerprint density at radius 3 is 2.59 bits per heavy atom. The third kappa shape index (κ3) is 5.55. The molecule has 6 heteroatoms. The van der Waals surface area contributed by atoms with E-state index >= 15 is 0 Å². The average Bonchev–Trinajstić information content (AvgIpc) is 2.76. The van der Waals surface area contributed by atoms with Crippen molar-refractivity contribution in [1.82, 2.24) is 0 Å². The van der Waals surface area contributed by atoms with Gasteiger partial charge in [-0.05, 0) is 48.6 Å². The van der Waals surface area contributed by atoms with Crippen molar-refractivity contribution in [2.24, 2.45) is 11.1 Å². The largest absolute Gasteiger partial charge is 0.465 e. The Morgan fingerprint density at radius 1 is 1.14 bits per heavy atom. The van der Waals surface area contributed by atoms with Crippen LogP contribution < -0.4 is 0 Å². The second-order valence-electron chi connectivity index (χ2n) is 7.49. The zero-order valence-corrected chi connectivity index (χ0v) is 17.3. The van der Waals surface area contributed by atoms with E-state index in [1.807, 2.05) is 19.1 Å². The van der Waals surface area contributed by atoms with Crippen molar-refractivity contribution in [2.75, 3.05) is 26.9 Å². The summed E-state index contributed by atoms with van der Waals surface area (Å²) in [7, 11) is 1.33. The van der Waals surface area contributed by atoms with E-state index in [0.29, 0.717) is 19.8 Å². The minimum absolute atomic E-state index is 0.274. The third-order valence-electron chi connectivity index (χ3n) is 5.21. The molecule has 0 saturated carbocycles. The fourth-order valence-electron chi connectivity index (χ4n) is 3.32. The Balaban J connectivity index is 1.36. The summed E-state index contributed by atoms with van der Waals surface area (Å²) in [4.78, 5) is 17.1. The first kappa shape index (κ1) is 21.3. The number of oxime groups is 1. The van der Waals surface area contributed by atoms with E-state index in [1.165, 1.54) is 17.9 Å². The van der Waals surface area contributed by atoms with Gasteiger partial charge in [-0.2, -0.15) is 0 Å². The molecule has 156 valence electrons. The van der Waals surface area contributed by atoms with Crippen molar-refractivity contribution in [3.63, 3.8) is 0 Å². The number of ether oxygens (including phenoxy) is 3. The van der Waals surface area contributed by atoms with E-state index in [9.17, 15) is 4.79 Å². The first-order valence-electron chi connectivity index (χ1n) is 10.0. The van der Waals surface area contributed by atoms with Crippen molar-refractivity contribution in [1.29, 1.82) is 0 Å². The number of unbranched alkanes of at least 4 members (excludes halogenated alkanes) is 1. The molecule has 29 heavy (non-hydrogen) atoms. The molecule has 0 unspecified atom stereocenters. The van der Waals surface area contributed by atoms with Crippen LogP contribution in [0.5, 0.6) is 0 Å². The average molecular weight is 399 g/mol. The number of benzene rings is 2. The van der Waals surface area contributed by atoms with Crippen LogP contribution in [0.25, 0.3) is 10.8 Å². The summed E-state index contributed by atoms with van der Waals surface area (Å²) in [5, 5.41) is 6.66. The molecule has 0 radical (unpaired) electrons. The quantitative estimate of drug-likeness (QED) is 0.286. The van der Waals surface area contributed by atoms with E-state index in [1.54, 1.807) is 6.92 Å². The van der Waals surface area contributed by atoms with Gasteiger partial charge in [0.2, 0.25) is 0 Å². The number of hydrogen-bond donors (Lipinski definition) is 0. The van der Waals surface area contributed by atoms with Crippen molar-refractivity contribution in [2.45, 2.75) is 38.9 Å². The summed E-state index contributed by atoms with van der Waals surface area (Å²) in [5.74, 6) is -1.50. The van der Waals surface area contributed by atoms with E-state index < -0.39 is 11.8 Å². The maximum absolute atomic E-state index is 11.6. The maximum Gasteiger partial charge on any atom is 0.366 e. The van der Waals surface area contributed by atoms with Crippen LogP contribution in [0.4, 0.5) is 0 Å². The molecule has 0 atom stereocenters. The molecule has 1 fully saturated rings. The molecule has 0 aromatic heterocycles. The zero-order chi connectivity index (χ0) is 20.7. The van der Waals surface area contributed by atoms with Gasteiger partial charge in [0.15, 0.2) is 0 Å². The smallest absolute Gasteiger partial charge is 0.366 e. The molecule has 2 aromatic carbocycles. The minimum Gasteiger partial charge on any atom is -0.465 e. The second kappa shape index (κ2) is 9.85. The predicted octanol–water partition coefficient (Wildman–Crippen LogP) is 4.30. The van der Waals surface area contributed by atoms with Crippen LogP contribution in [0.3, 0.4) is 0 Å². The van der Waals surface area contributed by atoms with Gasteiger partial charge in [0.05, 0.1) is 26.0 Å². The topological polar surface area (TPSA) is 66.4 Å². The van der Waals surface area contributed by atoms with Crippen molar-refractivity contribution < 1.29 is 23.8 Å². The lowest BCUT2D eigenvalue weighted by atomic mass is 10.0. The van der Waals surface area contributed by atoms with Gasteiger partial charge >= 0.3 is 5.97 Å². The molecule has 0 spiro atoms. The summed E-state index contributed by atoms with van der Waals surface area (Å²) in [5.41, 5.74) is 1.93. The predicted molar refractivity (Wildman–Crippen MR) is 112 cm³/mol. The molecule has 1 saturated heterocycles. The van der Waals surface area contributed by atoms with Crippen LogP contribution in [0.2, 0.25) is 0 Å². The number of fused-ring (bicyclic) bond motifs is 1. The van der Waals surface area contributed by atoms with Gasteiger partial charge in [-0.25, -0.2) is 4.79 Å². The highest BCUT2D eigenvalue weighted by Gasteiger charge is 2.41. The molecule has 6 nitrogen and oxygen atoms in total. The lowest BCUT2D eigenvalue weighted by Gasteiger charge is -2.35. The molecular formula is C23H29NO5. The summed E-state index contributed by atoms with van der Waals surface area (Å²) in [6.07, 6.45) is 2.84. The number of methoxy groups -OCH3 is 1. The SMILES string of the molecule is COC(=O)C1(C)OCC(CCCCON=C(C)c2ccc3ccccc3c2)CO1. The lowest BCUT2D eigenvalue weighted by Crippen LogP contribution is -2.48. The van der Waals surface area contributed by atoms with Gasteiger partial charge in [-0.15, -0.1) is 0 Å². The molecule has 0 bridgehead atoms. The van der Waals surface area contributed by atoms with Crippen LogP contribution >= 0.6 is 0 Å². The lowest BCUT2D eigenvalue weighted by molar-refractivity contribution is -0.272. The maximum atomic E-state index is 11.6. The summed E-state index contributed by atoms with van der Waals surface area (Å²) >= 11 is 0. The summed E-state index contributed by atoms with van der Waals surface area (Å²) < 4.78 is 15.8. The molecule has 2 aromatic rings. The third-order valence-corrected chi connectivity index (χ3v) is 5.21. The molecular weight excluding hydrogens is 370 g/mol. The Bertz CT molecular complexity index is 855. The first-order chi connectivity index (χ1) is 14.0. The van der Waals surface area contributed by atoms with Crippen LogP contribution in [0.1, 0.15) is 38.7 Å². The van der Waals surface area contributed by atoms with Crippen LogP contribution in [-0.4, -0.2) is 44.4 Å². The standard InChI is InChI=1S/C23H29NO5/c1-17(20-12-11-19-9-4-5-10-21(19)14-20)24-29-13-7-6-8-18-15-27-23(2,28-16-18)22(25)26-3/h4-5,9-12,14,18H,6-8,13,15-16H2,1-3H3. The number of hydrogen-bond acceptors (Lipinski definition) is 6. The van der Waals surface area contributed by atoms with Crippen molar-refractivity contribution in [3.05, 3.63) is 48.0 Å². The molecule has 1 aliphatic heterocycles.